The number of benzene rings is 2. The normalized spacial score (nSPS) is 29.0. The topological polar surface area (TPSA) is 34.1 Å². The van der Waals surface area contributed by atoms with E-state index >= 15 is 0 Å². The molecular formula is C17H13F3O2S. The molecule has 2 saturated carbocycles. The highest BCUT2D eigenvalue weighted by Gasteiger charge is 2.90. The van der Waals surface area contributed by atoms with Gasteiger partial charge in [-0.2, -0.15) is 13.2 Å². The van der Waals surface area contributed by atoms with Crippen LogP contribution in [0.3, 0.4) is 0 Å². The number of alkyl halides is 3. The largest absolute Gasteiger partial charge is 0.416 e. The maximum absolute atomic E-state index is 13.2. The fourth-order valence-electron chi connectivity index (χ4n) is 3.69. The van der Waals surface area contributed by atoms with Gasteiger partial charge >= 0.3 is 6.18 Å². The third-order valence-corrected chi connectivity index (χ3v) is 7.71. The fraction of sp³-hybridized carbons (Fsp3) is 0.294. The lowest BCUT2D eigenvalue weighted by Gasteiger charge is -2.13. The standard InChI is InChI=1S/C17H13F3O2S/c18-17(19,20)14-9-5-4-8-13(14)15-10-16(15,11-15)23(21,22)12-6-2-1-3-7-12/h1-9H,10-11H2. The van der Waals surface area contributed by atoms with Crippen molar-refractivity contribution in [3.8, 4) is 0 Å². The number of hydrogen-bond donors (Lipinski definition) is 0. The zero-order chi connectivity index (χ0) is 16.5. The van der Waals surface area contributed by atoms with Gasteiger partial charge < -0.3 is 0 Å². The quantitative estimate of drug-likeness (QED) is 0.849. The highest BCUT2D eigenvalue weighted by atomic mass is 32.2. The lowest BCUT2D eigenvalue weighted by atomic mass is 9.97. The third-order valence-electron chi connectivity index (χ3n) is 5.11. The SMILES string of the molecule is O=S(=O)(c1ccccc1)C12CC1(c1ccccc1C(F)(F)F)C2. The summed E-state index contributed by atoms with van der Waals surface area (Å²) in [5.74, 6) is 0. The van der Waals surface area contributed by atoms with Crippen molar-refractivity contribution in [2.24, 2.45) is 0 Å². The molecule has 0 amide bonds. The van der Waals surface area contributed by atoms with Crippen LogP contribution < -0.4 is 0 Å². The first-order valence-electron chi connectivity index (χ1n) is 7.21. The Balaban J connectivity index is 1.78. The highest BCUT2D eigenvalue weighted by molar-refractivity contribution is 7.93. The van der Waals surface area contributed by atoms with Crippen LogP contribution in [0.2, 0.25) is 0 Å². The number of fused-ring (bicyclic) bond motifs is 1. The summed E-state index contributed by atoms with van der Waals surface area (Å²) in [6.45, 7) is 0. The first-order chi connectivity index (χ1) is 10.7. The van der Waals surface area contributed by atoms with Gasteiger partial charge in [0.15, 0.2) is 9.84 Å². The highest BCUT2D eigenvalue weighted by Crippen LogP contribution is 2.84. The molecule has 6 heteroatoms. The molecule has 0 saturated heterocycles. The van der Waals surface area contributed by atoms with Crippen LogP contribution in [-0.2, 0) is 21.4 Å². The number of rotatable bonds is 3. The van der Waals surface area contributed by atoms with E-state index in [2.05, 4.69) is 0 Å². The van der Waals surface area contributed by atoms with Crippen LogP contribution in [0.4, 0.5) is 13.2 Å². The summed E-state index contributed by atoms with van der Waals surface area (Å²) in [7, 11) is -3.63. The summed E-state index contributed by atoms with van der Waals surface area (Å²) in [5.41, 5.74) is -1.47. The van der Waals surface area contributed by atoms with E-state index in [1.165, 1.54) is 30.3 Å². The molecular weight excluding hydrogens is 325 g/mol. The Morgan fingerprint density at radius 3 is 2.04 bits per heavy atom. The van der Waals surface area contributed by atoms with Crippen LogP contribution in [0.5, 0.6) is 0 Å². The Kier molecular flexibility index (Phi) is 2.68. The van der Waals surface area contributed by atoms with Gasteiger partial charge in [-0.3, -0.25) is 0 Å². The van der Waals surface area contributed by atoms with Crippen LogP contribution in [0.1, 0.15) is 24.0 Å². The van der Waals surface area contributed by atoms with Crippen LogP contribution in [0.25, 0.3) is 0 Å². The molecule has 0 spiro atoms. The van der Waals surface area contributed by atoms with Crippen molar-refractivity contribution in [2.45, 2.75) is 34.1 Å². The van der Waals surface area contributed by atoms with E-state index in [9.17, 15) is 21.6 Å². The minimum Gasteiger partial charge on any atom is -0.223 e. The maximum Gasteiger partial charge on any atom is 0.416 e. The molecule has 0 atom stereocenters. The molecule has 2 aromatic carbocycles. The van der Waals surface area contributed by atoms with Crippen molar-refractivity contribution in [3.63, 3.8) is 0 Å². The molecule has 0 heterocycles. The summed E-state index contributed by atoms with van der Waals surface area (Å²) in [4.78, 5) is 0.184. The molecule has 0 unspecified atom stereocenters. The number of halogens is 3. The van der Waals surface area contributed by atoms with E-state index in [0.717, 1.165) is 6.07 Å². The van der Waals surface area contributed by atoms with E-state index in [-0.39, 0.29) is 23.3 Å². The first-order valence-corrected chi connectivity index (χ1v) is 8.69. The Labute approximate surface area is 131 Å². The zero-order valence-electron chi connectivity index (χ0n) is 12.0. The second-order valence-electron chi connectivity index (χ2n) is 6.29. The molecule has 0 radical (unpaired) electrons. The summed E-state index contributed by atoms with van der Waals surface area (Å²) in [5, 5.41) is 0. The fourth-order valence-corrected chi connectivity index (χ4v) is 6.15. The molecule has 2 aromatic rings. The lowest BCUT2D eigenvalue weighted by Crippen LogP contribution is -2.15. The molecule has 0 aliphatic heterocycles. The first kappa shape index (κ1) is 14.8. The number of sulfone groups is 1. The molecule has 120 valence electrons. The maximum atomic E-state index is 13.2. The van der Waals surface area contributed by atoms with Crippen LogP contribution in [0.15, 0.2) is 59.5 Å². The third kappa shape index (κ3) is 1.78. The average Bonchev–Trinajstić information content (AvgIpc) is 3.35. The minimum absolute atomic E-state index is 0.118. The Bertz CT molecular complexity index is 880. The second kappa shape index (κ2) is 4.17. The van der Waals surface area contributed by atoms with Crippen molar-refractivity contribution in [3.05, 3.63) is 65.7 Å². The average molecular weight is 338 g/mol. The Morgan fingerprint density at radius 1 is 0.870 bits per heavy atom. The van der Waals surface area contributed by atoms with E-state index in [4.69, 9.17) is 0 Å². The van der Waals surface area contributed by atoms with Crippen molar-refractivity contribution < 1.29 is 21.6 Å². The molecule has 2 aliphatic carbocycles. The lowest BCUT2D eigenvalue weighted by molar-refractivity contribution is -0.138. The molecule has 0 aromatic heterocycles. The monoisotopic (exact) mass is 338 g/mol. The summed E-state index contributed by atoms with van der Waals surface area (Å²) in [6, 6.07) is 13.3. The van der Waals surface area contributed by atoms with Gasteiger partial charge in [0.25, 0.3) is 0 Å². The van der Waals surface area contributed by atoms with E-state index < -0.39 is 31.7 Å². The van der Waals surface area contributed by atoms with Crippen molar-refractivity contribution in [1.29, 1.82) is 0 Å². The molecule has 0 bridgehead atoms. The van der Waals surface area contributed by atoms with Gasteiger partial charge in [0.05, 0.1) is 15.2 Å². The summed E-state index contributed by atoms with van der Waals surface area (Å²) in [6.07, 6.45) is -3.94. The van der Waals surface area contributed by atoms with E-state index in [1.54, 1.807) is 18.2 Å². The van der Waals surface area contributed by atoms with Gasteiger partial charge in [0.1, 0.15) is 0 Å². The van der Waals surface area contributed by atoms with Crippen LogP contribution in [0, 0.1) is 0 Å². The summed E-state index contributed by atoms with van der Waals surface area (Å²) < 4.78 is 64.2. The minimum atomic E-state index is -4.47. The van der Waals surface area contributed by atoms with E-state index in [0.29, 0.717) is 0 Å². The Hall–Kier alpha value is -1.82. The zero-order valence-corrected chi connectivity index (χ0v) is 12.8. The van der Waals surface area contributed by atoms with E-state index in [1.807, 2.05) is 0 Å². The molecule has 2 nitrogen and oxygen atoms in total. The Morgan fingerprint density at radius 2 is 1.43 bits per heavy atom. The molecule has 4 rings (SSSR count). The summed E-state index contributed by atoms with van der Waals surface area (Å²) >= 11 is 0. The van der Waals surface area contributed by atoms with Gasteiger partial charge in [0.2, 0.25) is 0 Å². The van der Waals surface area contributed by atoms with Gasteiger partial charge in [-0.25, -0.2) is 8.42 Å². The smallest absolute Gasteiger partial charge is 0.223 e. The predicted octanol–water partition coefficient (Wildman–Crippen LogP) is 3.96. The van der Waals surface area contributed by atoms with Gasteiger partial charge in [-0.1, -0.05) is 36.4 Å². The van der Waals surface area contributed by atoms with Crippen LogP contribution >= 0.6 is 0 Å². The van der Waals surface area contributed by atoms with Gasteiger partial charge in [-0.15, -0.1) is 0 Å². The van der Waals surface area contributed by atoms with Gasteiger partial charge in [-0.05, 0) is 36.6 Å². The second-order valence-corrected chi connectivity index (χ2v) is 8.55. The molecule has 23 heavy (non-hydrogen) atoms. The predicted molar refractivity (Wildman–Crippen MR) is 78.7 cm³/mol. The van der Waals surface area contributed by atoms with Crippen molar-refractivity contribution in [1.82, 2.24) is 0 Å². The van der Waals surface area contributed by atoms with Crippen molar-refractivity contribution >= 4 is 9.84 Å². The molecule has 2 fully saturated rings. The number of hydrogen-bond acceptors (Lipinski definition) is 2. The molecule has 2 aliphatic rings. The van der Waals surface area contributed by atoms with Crippen molar-refractivity contribution in [2.75, 3.05) is 0 Å². The van der Waals surface area contributed by atoms with Crippen LogP contribution in [-0.4, -0.2) is 13.2 Å². The van der Waals surface area contributed by atoms with Gasteiger partial charge in [0, 0.05) is 5.41 Å². The molecule has 0 N–H and O–H groups in total.